The third-order valence-electron chi connectivity index (χ3n) is 4.47. The van der Waals surface area contributed by atoms with Gasteiger partial charge in [-0.15, -0.1) is 0 Å². The summed E-state index contributed by atoms with van der Waals surface area (Å²) in [5.41, 5.74) is 0.961. The minimum Gasteiger partial charge on any atom is -0.388 e. The zero-order valence-corrected chi connectivity index (χ0v) is 14.6. The molecule has 1 aliphatic heterocycles. The molecule has 3 rings (SSSR count). The van der Waals surface area contributed by atoms with Crippen LogP contribution in [-0.4, -0.2) is 46.9 Å². The Hall–Kier alpha value is -2.02. The van der Waals surface area contributed by atoms with Crippen molar-refractivity contribution in [3.05, 3.63) is 54.0 Å². The molecule has 1 saturated heterocycles. The van der Waals surface area contributed by atoms with Gasteiger partial charge in [-0.05, 0) is 37.9 Å². The number of ether oxygens (including phenoxy) is 1. The summed E-state index contributed by atoms with van der Waals surface area (Å²) in [6.07, 6.45) is 2.93. The summed E-state index contributed by atoms with van der Waals surface area (Å²) in [6.45, 7) is 4.02. The van der Waals surface area contributed by atoms with Crippen LogP contribution in [0.25, 0.3) is 0 Å². The molecule has 0 bridgehead atoms. The zero-order valence-electron chi connectivity index (χ0n) is 14.6. The summed E-state index contributed by atoms with van der Waals surface area (Å²) < 4.78 is 5.62. The van der Waals surface area contributed by atoms with E-state index in [1.54, 1.807) is 6.20 Å². The van der Waals surface area contributed by atoms with Crippen LogP contribution in [0, 0.1) is 6.92 Å². The number of benzene rings is 1. The van der Waals surface area contributed by atoms with Crippen LogP contribution in [0.1, 0.15) is 30.3 Å². The van der Waals surface area contributed by atoms with Crippen molar-refractivity contribution in [3.63, 3.8) is 0 Å². The second kappa shape index (κ2) is 8.89. The molecule has 3 atom stereocenters. The fraction of sp³-hybridized carbons (Fsp3) is 0.474. The molecule has 6 nitrogen and oxygen atoms in total. The van der Waals surface area contributed by atoms with Crippen LogP contribution in [0.3, 0.4) is 0 Å². The predicted octanol–water partition coefficient (Wildman–Crippen LogP) is 2.07. The Morgan fingerprint density at radius 1 is 1.24 bits per heavy atom. The predicted molar refractivity (Wildman–Crippen MR) is 97.4 cm³/mol. The van der Waals surface area contributed by atoms with Crippen molar-refractivity contribution in [2.45, 2.75) is 38.0 Å². The summed E-state index contributed by atoms with van der Waals surface area (Å²) >= 11 is 0. The molecule has 0 unspecified atom stereocenters. The monoisotopic (exact) mass is 342 g/mol. The number of hydrogen-bond acceptors (Lipinski definition) is 6. The first-order valence-corrected chi connectivity index (χ1v) is 8.82. The zero-order chi connectivity index (χ0) is 17.5. The number of hydrogen-bond donors (Lipinski definition) is 3. The standard InChI is InChI=1S/C19H26N4O2/c1-14-20-11-8-19(22-14)23-17-13-25-12-9-16(17)21-10-7-18(24)15-5-3-2-4-6-15/h2-6,8,11,16-18,21,24H,7,9-10,12-13H2,1H3,(H,20,22,23)/t16-,17+,18+/m0/s1. The number of aliphatic hydroxyl groups excluding tert-OH is 1. The first-order valence-electron chi connectivity index (χ1n) is 8.82. The molecule has 2 aromatic rings. The lowest BCUT2D eigenvalue weighted by atomic mass is 10.0. The van der Waals surface area contributed by atoms with Crippen molar-refractivity contribution >= 4 is 5.82 Å². The normalized spacial score (nSPS) is 21.7. The molecule has 134 valence electrons. The van der Waals surface area contributed by atoms with E-state index < -0.39 is 6.10 Å². The van der Waals surface area contributed by atoms with Gasteiger partial charge >= 0.3 is 0 Å². The molecule has 25 heavy (non-hydrogen) atoms. The summed E-state index contributed by atoms with van der Waals surface area (Å²) in [5, 5.41) is 17.3. The van der Waals surface area contributed by atoms with Crippen molar-refractivity contribution < 1.29 is 9.84 Å². The van der Waals surface area contributed by atoms with Gasteiger partial charge in [0, 0.05) is 18.8 Å². The molecule has 2 heterocycles. The smallest absolute Gasteiger partial charge is 0.129 e. The lowest BCUT2D eigenvalue weighted by Crippen LogP contribution is -2.50. The Morgan fingerprint density at radius 3 is 2.88 bits per heavy atom. The molecule has 0 spiro atoms. The van der Waals surface area contributed by atoms with Crippen LogP contribution in [0.2, 0.25) is 0 Å². The van der Waals surface area contributed by atoms with E-state index in [0.717, 1.165) is 36.8 Å². The fourth-order valence-corrected chi connectivity index (χ4v) is 3.10. The molecule has 1 aromatic heterocycles. The highest BCUT2D eigenvalue weighted by Crippen LogP contribution is 2.17. The number of anilines is 1. The van der Waals surface area contributed by atoms with Gasteiger partial charge in [-0.3, -0.25) is 0 Å². The molecule has 1 aliphatic rings. The Labute approximate surface area is 148 Å². The van der Waals surface area contributed by atoms with Gasteiger partial charge in [0.2, 0.25) is 0 Å². The van der Waals surface area contributed by atoms with E-state index >= 15 is 0 Å². The van der Waals surface area contributed by atoms with Crippen molar-refractivity contribution in [3.8, 4) is 0 Å². The van der Waals surface area contributed by atoms with Crippen LogP contribution < -0.4 is 10.6 Å². The maximum Gasteiger partial charge on any atom is 0.129 e. The molecule has 1 fully saturated rings. The largest absolute Gasteiger partial charge is 0.388 e. The summed E-state index contributed by atoms with van der Waals surface area (Å²) in [5.74, 6) is 1.57. The molecular formula is C19H26N4O2. The summed E-state index contributed by atoms with van der Waals surface area (Å²) in [7, 11) is 0. The lowest BCUT2D eigenvalue weighted by molar-refractivity contribution is 0.0662. The number of aromatic nitrogens is 2. The van der Waals surface area contributed by atoms with Crippen molar-refractivity contribution in [1.29, 1.82) is 0 Å². The molecule has 0 radical (unpaired) electrons. The van der Waals surface area contributed by atoms with E-state index in [4.69, 9.17) is 4.74 Å². The molecule has 1 aromatic carbocycles. The summed E-state index contributed by atoms with van der Waals surface area (Å²) in [6, 6.07) is 12.1. The highest BCUT2D eigenvalue weighted by molar-refractivity contribution is 5.35. The fourth-order valence-electron chi connectivity index (χ4n) is 3.10. The number of aliphatic hydroxyl groups is 1. The summed E-state index contributed by atoms with van der Waals surface area (Å²) in [4.78, 5) is 8.53. The van der Waals surface area contributed by atoms with E-state index in [-0.39, 0.29) is 12.1 Å². The lowest BCUT2D eigenvalue weighted by Gasteiger charge is -2.33. The molecule has 6 heteroatoms. The molecule has 3 N–H and O–H groups in total. The van der Waals surface area contributed by atoms with Gasteiger partial charge in [-0.25, -0.2) is 9.97 Å². The minimum atomic E-state index is -0.440. The molecule has 0 amide bonds. The van der Waals surface area contributed by atoms with E-state index in [9.17, 15) is 5.11 Å². The van der Waals surface area contributed by atoms with Gasteiger partial charge in [0.1, 0.15) is 11.6 Å². The van der Waals surface area contributed by atoms with Crippen molar-refractivity contribution in [1.82, 2.24) is 15.3 Å². The Kier molecular flexibility index (Phi) is 6.33. The first kappa shape index (κ1) is 17.8. The number of rotatable bonds is 7. The van der Waals surface area contributed by atoms with E-state index in [1.807, 2.05) is 43.3 Å². The molecule has 0 aliphatic carbocycles. The van der Waals surface area contributed by atoms with Crippen LogP contribution in [0.4, 0.5) is 5.82 Å². The van der Waals surface area contributed by atoms with Crippen LogP contribution in [-0.2, 0) is 4.74 Å². The van der Waals surface area contributed by atoms with E-state index in [1.165, 1.54) is 0 Å². The van der Waals surface area contributed by atoms with Gasteiger partial charge in [-0.1, -0.05) is 30.3 Å². The topological polar surface area (TPSA) is 79.3 Å². The second-order valence-electron chi connectivity index (χ2n) is 6.38. The van der Waals surface area contributed by atoms with Gasteiger partial charge in [0.15, 0.2) is 0 Å². The maximum absolute atomic E-state index is 10.3. The quantitative estimate of drug-likeness (QED) is 0.715. The number of nitrogens with zero attached hydrogens (tertiary/aromatic N) is 2. The van der Waals surface area contributed by atoms with Crippen LogP contribution >= 0.6 is 0 Å². The van der Waals surface area contributed by atoms with Gasteiger partial charge < -0.3 is 20.5 Å². The van der Waals surface area contributed by atoms with Gasteiger partial charge in [0.05, 0.1) is 18.8 Å². The Morgan fingerprint density at radius 2 is 2.08 bits per heavy atom. The third kappa shape index (κ3) is 5.22. The van der Waals surface area contributed by atoms with Gasteiger partial charge in [-0.2, -0.15) is 0 Å². The first-order chi connectivity index (χ1) is 12.2. The highest BCUT2D eigenvalue weighted by atomic mass is 16.5. The maximum atomic E-state index is 10.3. The van der Waals surface area contributed by atoms with Crippen molar-refractivity contribution in [2.75, 3.05) is 25.1 Å². The Bertz CT molecular complexity index is 653. The highest BCUT2D eigenvalue weighted by Gasteiger charge is 2.25. The molecule has 0 saturated carbocycles. The van der Waals surface area contributed by atoms with E-state index in [0.29, 0.717) is 13.0 Å². The Balaban J connectivity index is 1.51. The average Bonchev–Trinajstić information content (AvgIpc) is 2.64. The van der Waals surface area contributed by atoms with Gasteiger partial charge in [0.25, 0.3) is 0 Å². The third-order valence-corrected chi connectivity index (χ3v) is 4.47. The molecular weight excluding hydrogens is 316 g/mol. The second-order valence-corrected chi connectivity index (χ2v) is 6.38. The number of nitrogens with one attached hydrogen (secondary N) is 2. The average molecular weight is 342 g/mol. The van der Waals surface area contributed by atoms with Crippen LogP contribution in [0.5, 0.6) is 0 Å². The minimum absolute atomic E-state index is 0.150. The van der Waals surface area contributed by atoms with Crippen LogP contribution in [0.15, 0.2) is 42.6 Å². The number of aryl methyl sites for hydroxylation is 1. The van der Waals surface area contributed by atoms with E-state index in [2.05, 4.69) is 20.6 Å². The van der Waals surface area contributed by atoms with Crippen molar-refractivity contribution in [2.24, 2.45) is 0 Å². The SMILES string of the molecule is Cc1nccc(N[C@@H]2COCC[C@@H]2NCC[C@@H](O)c2ccccc2)n1.